The highest BCUT2D eigenvalue weighted by Crippen LogP contribution is 2.16. The second-order valence-corrected chi connectivity index (χ2v) is 6.68. The van der Waals surface area contributed by atoms with Crippen molar-refractivity contribution in [1.82, 2.24) is 24.7 Å². The van der Waals surface area contributed by atoms with Crippen LogP contribution in [0, 0.1) is 13.8 Å². The van der Waals surface area contributed by atoms with E-state index >= 15 is 0 Å². The standard InChI is InChI=1S/C19H22N6O/c1-14-5-3-4-6-16(14)13-19(26)24-11-9-23(10-12-24)18-8-7-17-21-20-15(2)25(17)22-18/h3-8H,9-13H2,1-2H3. The summed E-state index contributed by atoms with van der Waals surface area (Å²) >= 11 is 0. The number of benzene rings is 1. The third kappa shape index (κ3) is 3.12. The second kappa shape index (κ2) is 6.74. The number of aryl methyl sites for hydroxylation is 2. The molecule has 26 heavy (non-hydrogen) atoms. The van der Waals surface area contributed by atoms with E-state index in [1.807, 2.05) is 42.2 Å². The predicted octanol–water partition coefficient (Wildman–Crippen LogP) is 1.63. The van der Waals surface area contributed by atoms with Crippen molar-refractivity contribution in [2.45, 2.75) is 20.3 Å². The molecule has 0 aliphatic carbocycles. The summed E-state index contributed by atoms with van der Waals surface area (Å²) in [5, 5.41) is 12.7. The average molecular weight is 350 g/mol. The van der Waals surface area contributed by atoms with Crippen molar-refractivity contribution in [3.8, 4) is 0 Å². The van der Waals surface area contributed by atoms with Gasteiger partial charge in [-0.3, -0.25) is 4.79 Å². The van der Waals surface area contributed by atoms with Crippen molar-refractivity contribution < 1.29 is 4.79 Å². The van der Waals surface area contributed by atoms with Crippen LogP contribution in [0.25, 0.3) is 5.65 Å². The van der Waals surface area contributed by atoms with Crippen LogP contribution in [0.2, 0.25) is 0 Å². The average Bonchev–Trinajstić information content (AvgIpc) is 3.04. The number of carbonyl (C=O) groups is 1. The molecule has 0 radical (unpaired) electrons. The van der Waals surface area contributed by atoms with Gasteiger partial charge in [0.15, 0.2) is 11.5 Å². The van der Waals surface area contributed by atoms with Gasteiger partial charge in [-0.25, -0.2) is 0 Å². The van der Waals surface area contributed by atoms with E-state index in [2.05, 4.69) is 33.2 Å². The number of piperazine rings is 1. The third-order valence-corrected chi connectivity index (χ3v) is 4.96. The molecule has 0 atom stereocenters. The quantitative estimate of drug-likeness (QED) is 0.718. The zero-order valence-electron chi connectivity index (χ0n) is 15.1. The van der Waals surface area contributed by atoms with Crippen molar-refractivity contribution >= 4 is 17.4 Å². The summed E-state index contributed by atoms with van der Waals surface area (Å²) in [6.45, 7) is 6.92. The SMILES string of the molecule is Cc1ccccc1CC(=O)N1CCN(c2ccc3nnc(C)n3n2)CC1. The molecule has 1 saturated heterocycles. The molecule has 0 N–H and O–H groups in total. The normalized spacial score (nSPS) is 14.8. The Morgan fingerprint density at radius 3 is 2.54 bits per heavy atom. The summed E-state index contributed by atoms with van der Waals surface area (Å²) in [7, 11) is 0. The number of anilines is 1. The van der Waals surface area contributed by atoms with E-state index in [4.69, 9.17) is 0 Å². The zero-order valence-corrected chi connectivity index (χ0v) is 15.1. The van der Waals surface area contributed by atoms with Crippen LogP contribution in [0.3, 0.4) is 0 Å². The summed E-state index contributed by atoms with van der Waals surface area (Å²) in [5.74, 6) is 1.86. The van der Waals surface area contributed by atoms with Gasteiger partial charge < -0.3 is 9.80 Å². The maximum Gasteiger partial charge on any atom is 0.227 e. The number of rotatable bonds is 3. The van der Waals surface area contributed by atoms with Crippen LogP contribution in [0.15, 0.2) is 36.4 Å². The van der Waals surface area contributed by atoms with E-state index in [-0.39, 0.29) is 5.91 Å². The van der Waals surface area contributed by atoms with Crippen molar-refractivity contribution in [3.05, 3.63) is 53.3 Å². The van der Waals surface area contributed by atoms with Crippen molar-refractivity contribution in [3.63, 3.8) is 0 Å². The molecular formula is C19H22N6O. The molecule has 0 bridgehead atoms. The minimum atomic E-state index is 0.192. The second-order valence-electron chi connectivity index (χ2n) is 6.68. The van der Waals surface area contributed by atoms with Gasteiger partial charge in [-0.2, -0.15) is 4.52 Å². The maximum atomic E-state index is 12.6. The van der Waals surface area contributed by atoms with Crippen LogP contribution in [-0.2, 0) is 11.2 Å². The van der Waals surface area contributed by atoms with Crippen LogP contribution in [-0.4, -0.2) is 56.8 Å². The molecule has 3 aromatic rings. The van der Waals surface area contributed by atoms with E-state index in [0.29, 0.717) is 19.5 Å². The van der Waals surface area contributed by atoms with Gasteiger partial charge in [0, 0.05) is 26.2 Å². The molecule has 1 aromatic carbocycles. The highest BCUT2D eigenvalue weighted by molar-refractivity contribution is 5.79. The summed E-state index contributed by atoms with van der Waals surface area (Å²) in [6, 6.07) is 12.0. The molecule has 7 nitrogen and oxygen atoms in total. The lowest BCUT2D eigenvalue weighted by Crippen LogP contribution is -2.49. The van der Waals surface area contributed by atoms with E-state index in [1.54, 1.807) is 4.52 Å². The molecule has 1 fully saturated rings. The first-order chi connectivity index (χ1) is 12.6. The maximum absolute atomic E-state index is 12.6. The van der Waals surface area contributed by atoms with Gasteiger partial charge in [0.2, 0.25) is 5.91 Å². The Hall–Kier alpha value is -2.96. The summed E-state index contributed by atoms with van der Waals surface area (Å²) < 4.78 is 1.76. The Labute approximate surface area is 152 Å². The molecule has 0 saturated carbocycles. The van der Waals surface area contributed by atoms with Crippen molar-refractivity contribution in [2.75, 3.05) is 31.1 Å². The summed E-state index contributed by atoms with van der Waals surface area (Å²) in [4.78, 5) is 16.8. The van der Waals surface area contributed by atoms with Gasteiger partial charge in [-0.05, 0) is 37.1 Å². The van der Waals surface area contributed by atoms with E-state index in [0.717, 1.165) is 35.9 Å². The molecule has 2 aromatic heterocycles. The smallest absolute Gasteiger partial charge is 0.227 e. The zero-order chi connectivity index (χ0) is 18.1. The number of hydrogen-bond donors (Lipinski definition) is 0. The molecule has 1 aliphatic heterocycles. The van der Waals surface area contributed by atoms with E-state index in [1.165, 1.54) is 5.56 Å². The van der Waals surface area contributed by atoms with Crippen molar-refractivity contribution in [2.24, 2.45) is 0 Å². The van der Waals surface area contributed by atoms with Crippen LogP contribution in [0.4, 0.5) is 5.82 Å². The fraction of sp³-hybridized carbons (Fsp3) is 0.368. The van der Waals surface area contributed by atoms with Gasteiger partial charge in [0.1, 0.15) is 5.82 Å². The predicted molar refractivity (Wildman–Crippen MR) is 99.2 cm³/mol. The molecule has 4 rings (SSSR count). The topological polar surface area (TPSA) is 66.6 Å². The highest BCUT2D eigenvalue weighted by Gasteiger charge is 2.22. The fourth-order valence-electron chi connectivity index (χ4n) is 3.32. The minimum Gasteiger partial charge on any atom is -0.352 e. The number of nitrogens with zero attached hydrogens (tertiary/aromatic N) is 6. The first-order valence-corrected chi connectivity index (χ1v) is 8.88. The molecule has 0 spiro atoms. The Morgan fingerprint density at radius 2 is 1.77 bits per heavy atom. The summed E-state index contributed by atoms with van der Waals surface area (Å²) in [5.41, 5.74) is 3.02. The first kappa shape index (κ1) is 16.5. The van der Waals surface area contributed by atoms with Crippen LogP contribution in [0.1, 0.15) is 17.0 Å². The molecular weight excluding hydrogens is 328 g/mol. The Balaban J connectivity index is 1.41. The minimum absolute atomic E-state index is 0.192. The number of carbonyl (C=O) groups excluding carboxylic acids is 1. The van der Waals surface area contributed by atoms with Gasteiger partial charge in [0.05, 0.1) is 6.42 Å². The lowest BCUT2D eigenvalue weighted by molar-refractivity contribution is -0.130. The molecule has 3 heterocycles. The number of hydrogen-bond acceptors (Lipinski definition) is 5. The lowest BCUT2D eigenvalue weighted by Gasteiger charge is -2.35. The molecule has 1 aliphatic rings. The Morgan fingerprint density at radius 1 is 1.00 bits per heavy atom. The third-order valence-electron chi connectivity index (χ3n) is 4.96. The van der Waals surface area contributed by atoms with Crippen molar-refractivity contribution in [1.29, 1.82) is 0 Å². The molecule has 7 heteroatoms. The summed E-state index contributed by atoms with van der Waals surface area (Å²) in [6.07, 6.45) is 0.469. The van der Waals surface area contributed by atoms with Crippen LogP contribution < -0.4 is 4.90 Å². The Bertz CT molecular complexity index is 942. The molecule has 0 unspecified atom stereocenters. The molecule has 134 valence electrons. The van der Waals surface area contributed by atoms with E-state index < -0.39 is 0 Å². The number of fused-ring (bicyclic) bond motifs is 1. The Kier molecular flexibility index (Phi) is 4.28. The van der Waals surface area contributed by atoms with Gasteiger partial charge in [0.25, 0.3) is 0 Å². The lowest BCUT2D eigenvalue weighted by atomic mass is 10.1. The van der Waals surface area contributed by atoms with Gasteiger partial charge >= 0.3 is 0 Å². The van der Waals surface area contributed by atoms with Crippen LogP contribution in [0.5, 0.6) is 0 Å². The van der Waals surface area contributed by atoms with E-state index in [9.17, 15) is 4.79 Å². The van der Waals surface area contributed by atoms with Crippen LogP contribution >= 0.6 is 0 Å². The fourth-order valence-corrected chi connectivity index (χ4v) is 3.32. The largest absolute Gasteiger partial charge is 0.352 e. The highest BCUT2D eigenvalue weighted by atomic mass is 16.2. The van der Waals surface area contributed by atoms with Gasteiger partial charge in [-0.1, -0.05) is 24.3 Å². The number of amides is 1. The monoisotopic (exact) mass is 350 g/mol. The number of aromatic nitrogens is 4. The first-order valence-electron chi connectivity index (χ1n) is 8.88. The molecule has 1 amide bonds. The van der Waals surface area contributed by atoms with Gasteiger partial charge in [-0.15, -0.1) is 15.3 Å².